The van der Waals surface area contributed by atoms with E-state index in [0.717, 1.165) is 5.56 Å². The van der Waals surface area contributed by atoms with E-state index in [4.69, 9.17) is 15.7 Å². The number of nitriles is 1. The molecule has 0 radical (unpaired) electrons. The summed E-state index contributed by atoms with van der Waals surface area (Å²) in [6.07, 6.45) is -1.19. The van der Waals surface area contributed by atoms with Crippen molar-refractivity contribution in [3.05, 3.63) is 29.8 Å². The second-order valence-electron chi connectivity index (χ2n) is 3.64. The molecule has 0 bridgehead atoms. The van der Waals surface area contributed by atoms with Gasteiger partial charge in [0.05, 0.1) is 0 Å². The minimum absolute atomic E-state index is 0.00271. The average Bonchev–Trinajstić information content (AvgIpc) is 2.36. The molecule has 0 aromatic heterocycles. The van der Waals surface area contributed by atoms with Gasteiger partial charge in [0.25, 0.3) is 0 Å². The van der Waals surface area contributed by atoms with Crippen LogP contribution in [0.2, 0.25) is 0 Å². The number of nitrogens with zero attached hydrogens (tertiary/aromatic N) is 1. The molecule has 1 rings (SSSR count). The molecule has 0 aliphatic rings. The Hall–Kier alpha value is -2.10. The lowest BCUT2D eigenvalue weighted by Gasteiger charge is -2.09. The number of nitrogens with one attached hydrogen (secondary N) is 1. The van der Waals surface area contributed by atoms with Crippen molar-refractivity contribution in [1.29, 1.82) is 5.26 Å². The van der Waals surface area contributed by atoms with Crippen LogP contribution in [0.25, 0.3) is 0 Å². The molecule has 0 heterocycles. The highest BCUT2D eigenvalue weighted by Gasteiger charge is 2.09. The summed E-state index contributed by atoms with van der Waals surface area (Å²) in [6.45, 7) is 0.560. The molecule has 18 heavy (non-hydrogen) atoms. The van der Waals surface area contributed by atoms with Crippen LogP contribution in [-0.2, 0) is 11.3 Å². The minimum atomic E-state index is -1.19. The van der Waals surface area contributed by atoms with E-state index in [1.165, 1.54) is 0 Å². The Morgan fingerprint density at radius 1 is 1.61 bits per heavy atom. The van der Waals surface area contributed by atoms with Crippen LogP contribution in [0.3, 0.4) is 0 Å². The Balaban J connectivity index is 2.43. The maximum atomic E-state index is 10.6. The number of amides is 1. The number of ether oxygens (including phenoxy) is 1. The Morgan fingerprint density at radius 3 is 3.06 bits per heavy atom. The summed E-state index contributed by atoms with van der Waals surface area (Å²) >= 11 is 0. The van der Waals surface area contributed by atoms with Gasteiger partial charge in [-0.25, -0.2) is 0 Å². The first kappa shape index (κ1) is 14.0. The van der Waals surface area contributed by atoms with Gasteiger partial charge in [-0.1, -0.05) is 12.1 Å². The second kappa shape index (κ2) is 7.27. The summed E-state index contributed by atoms with van der Waals surface area (Å²) in [5.74, 6) is -0.153. The first-order valence-corrected chi connectivity index (χ1v) is 5.40. The zero-order valence-corrected chi connectivity index (χ0v) is 9.80. The molecule has 6 heteroatoms. The van der Waals surface area contributed by atoms with Crippen LogP contribution in [0.15, 0.2) is 24.3 Å². The van der Waals surface area contributed by atoms with Crippen molar-refractivity contribution >= 4 is 5.91 Å². The standard InChI is InChI=1S/C12H15N3O3/c13-4-5-18-10-3-1-2-9(6-10)7-15-8-11(16)12(14)17/h1-3,6,11,15-16H,5,7-8H2,(H2,14,17). The molecular weight excluding hydrogens is 234 g/mol. The predicted octanol–water partition coefficient (Wildman–Crippen LogP) is -0.475. The number of rotatable bonds is 7. The maximum absolute atomic E-state index is 10.6. The first-order valence-electron chi connectivity index (χ1n) is 5.40. The van der Waals surface area contributed by atoms with E-state index < -0.39 is 12.0 Å². The molecule has 0 saturated heterocycles. The van der Waals surface area contributed by atoms with Gasteiger partial charge in [0.1, 0.15) is 17.9 Å². The van der Waals surface area contributed by atoms with Crippen LogP contribution >= 0.6 is 0 Å². The lowest BCUT2D eigenvalue weighted by atomic mass is 10.2. The topological polar surface area (TPSA) is 108 Å². The van der Waals surface area contributed by atoms with Crippen LogP contribution in [-0.4, -0.2) is 30.3 Å². The number of aliphatic hydroxyl groups excluding tert-OH is 1. The molecule has 0 saturated carbocycles. The van der Waals surface area contributed by atoms with Gasteiger partial charge in [-0.15, -0.1) is 0 Å². The average molecular weight is 249 g/mol. The lowest BCUT2D eigenvalue weighted by Crippen LogP contribution is -2.37. The summed E-state index contributed by atoms with van der Waals surface area (Å²) in [6, 6.07) is 9.08. The van der Waals surface area contributed by atoms with Gasteiger partial charge in [-0.05, 0) is 17.7 Å². The Labute approximate surface area is 105 Å². The third-order valence-corrected chi connectivity index (χ3v) is 2.20. The Morgan fingerprint density at radius 2 is 2.39 bits per heavy atom. The quantitative estimate of drug-likeness (QED) is 0.605. The molecule has 0 aliphatic heterocycles. The van der Waals surface area contributed by atoms with Gasteiger partial charge < -0.3 is 20.9 Å². The monoisotopic (exact) mass is 249 g/mol. The number of aliphatic hydroxyl groups is 1. The van der Waals surface area contributed by atoms with Crippen LogP contribution in [0.5, 0.6) is 5.75 Å². The summed E-state index contributed by atoms with van der Waals surface area (Å²) in [5.41, 5.74) is 5.83. The number of carbonyl (C=O) groups excluding carboxylic acids is 1. The molecule has 1 aromatic carbocycles. The summed E-state index contributed by atoms with van der Waals surface area (Å²) in [7, 11) is 0. The molecule has 0 spiro atoms. The highest BCUT2D eigenvalue weighted by atomic mass is 16.5. The van der Waals surface area contributed by atoms with Crippen molar-refractivity contribution in [3.63, 3.8) is 0 Å². The van der Waals surface area contributed by atoms with Gasteiger partial charge in [-0.3, -0.25) is 4.79 Å². The molecular formula is C12H15N3O3. The SMILES string of the molecule is N#CCOc1cccc(CNCC(O)C(N)=O)c1. The molecule has 6 nitrogen and oxygen atoms in total. The summed E-state index contributed by atoms with van der Waals surface area (Å²) < 4.78 is 5.15. The second-order valence-corrected chi connectivity index (χ2v) is 3.64. The normalized spacial score (nSPS) is 11.6. The van der Waals surface area contributed by atoms with Gasteiger partial charge in [0.15, 0.2) is 6.61 Å². The molecule has 1 amide bonds. The molecule has 1 aromatic rings. The van der Waals surface area contributed by atoms with Crippen LogP contribution in [0, 0.1) is 11.3 Å². The fourth-order valence-electron chi connectivity index (χ4n) is 1.31. The van der Waals surface area contributed by atoms with Gasteiger partial charge >= 0.3 is 0 Å². The largest absolute Gasteiger partial charge is 0.479 e. The van der Waals surface area contributed by atoms with Crippen molar-refractivity contribution in [2.24, 2.45) is 5.73 Å². The molecule has 1 unspecified atom stereocenters. The van der Waals surface area contributed by atoms with E-state index in [0.29, 0.717) is 12.3 Å². The Bertz CT molecular complexity index is 442. The van der Waals surface area contributed by atoms with Crippen molar-refractivity contribution in [1.82, 2.24) is 5.32 Å². The van der Waals surface area contributed by atoms with E-state index in [9.17, 15) is 9.90 Å². The fraction of sp³-hybridized carbons (Fsp3) is 0.333. The van der Waals surface area contributed by atoms with Gasteiger partial charge in [0, 0.05) is 13.1 Å². The number of nitrogens with two attached hydrogens (primary N) is 1. The number of primary amides is 1. The Kier molecular flexibility index (Phi) is 5.64. The third kappa shape index (κ3) is 4.82. The highest BCUT2D eigenvalue weighted by molar-refractivity contribution is 5.78. The van der Waals surface area contributed by atoms with Crippen molar-refractivity contribution in [2.75, 3.05) is 13.2 Å². The van der Waals surface area contributed by atoms with E-state index >= 15 is 0 Å². The van der Waals surface area contributed by atoms with Crippen molar-refractivity contribution in [3.8, 4) is 11.8 Å². The van der Waals surface area contributed by atoms with Crippen LogP contribution in [0.1, 0.15) is 5.56 Å². The van der Waals surface area contributed by atoms with Crippen molar-refractivity contribution in [2.45, 2.75) is 12.6 Å². The van der Waals surface area contributed by atoms with E-state index in [1.54, 1.807) is 18.2 Å². The third-order valence-electron chi connectivity index (χ3n) is 2.20. The smallest absolute Gasteiger partial charge is 0.247 e. The zero-order chi connectivity index (χ0) is 13.4. The van der Waals surface area contributed by atoms with Crippen molar-refractivity contribution < 1.29 is 14.6 Å². The fourth-order valence-corrected chi connectivity index (χ4v) is 1.31. The van der Waals surface area contributed by atoms with Gasteiger partial charge in [-0.2, -0.15) is 5.26 Å². The van der Waals surface area contributed by atoms with E-state index in [1.807, 2.05) is 12.1 Å². The number of hydrogen-bond acceptors (Lipinski definition) is 5. The lowest BCUT2D eigenvalue weighted by molar-refractivity contribution is -0.125. The molecule has 1 atom stereocenters. The minimum Gasteiger partial charge on any atom is -0.479 e. The summed E-state index contributed by atoms with van der Waals surface area (Å²) in [4.78, 5) is 10.6. The number of carbonyl (C=O) groups is 1. The molecule has 0 aliphatic carbocycles. The molecule has 0 fully saturated rings. The van der Waals surface area contributed by atoms with Gasteiger partial charge in [0.2, 0.25) is 5.91 Å². The number of benzene rings is 1. The van der Waals surface area contributed by atoms with E-state index in [2.05, 4.69) is 5.32 Å². The number of hydrogen-bond donors (Lipinski definition) is 3. The predicted molar refractivity (Wildman–Crippen MR) is 64.5 cm³/mol. The maximum Gasteiger partial charge on any atom is 0.247 e. The highest BCUT2D eigenvalue weighted by Crippen LogP contribution is 2.12. The van der Waals surface area contributed by atoms with Crippen LogP contribution < -0.4 is 15.8 Å². The molecule has 4 N–H and O–H groups in total. The molecule has 96 valence electrons. The summed E-state index contributed by atoms with van der Waals surface area (Å²) in [5, 5.41) is 20.5. The van der Waals surface area contributed by atoms with E-state index in [-0.39, 0.29) is 13.2 Å². The first-order chi connectivity index (χ1) is 8.63. The van der Waals surface area contributed by atoms with Crippen LogP contribution in [0.4, 0.5) is 0 Å². The zero-order valence-electron chi connectivity index (χ0n) is 9.80.